The summed E-state index contributed by atoms with van der Waals surface area (Å²) in [6.07, 6.45) is 3.80. The molecule has 23 heavy (non-hydrogen) atoms. The summed E-state index contributed by atoms with van der Waals surface area (Å²) in [4.78, 5) is 11.8. The molecule has 1 aromatic carbocycles. The number of rotatable bonds is 4. The minimum atomic E-state index is -0.312. The van der Waals surface area contributed by atoms with Crippen molar-refractivity contribution in [3.05, 3.63) is 40.2 Å². The first kappa shape index (κ1) is 16.1. The molecule has 1 aliphatic rings. The van der Waals surface area contributed by atoms with Crippen molar-refractivity contribution in [1.82, 2.24) is 5.32 Å². The van der Waals surface area contributed by atoms with Crippen molar-refractivity contribution in [1.29, 1.82) is 0 Å². The van der Waals surface area contributed by atoms with E-state index in [2.05, 4.69) is 19.2 Å². The number of fused-ring (bicyclic) bond motifs is 1. The lowest BCUT2D eigenvalue weighted by molar-refractivity contribution is 0.206. The second-order valence-electron chi connectivity index (χ2n) is 6.71. The Morgan fingerprint density at radius 2 is 2.09 bits per heavy atom. The zero-order valence-corrected chi connectivity index (χ0v) is 14.1. The maximum atomic E-state index is 11.8. The molecule has 0 aliphatic heterocycles. The van der Waals surface area contributed by atoms with Crippen molar-refractivity contribution >= 4 is 11.0 Å². The van der Waals surface area contributed by atoms with Gasteiger partial charge in [0.25, 0.3) is 0 Å². The Morgan fingerprint density at radius 3 is 2.87 bits per heavy atom. The molecule has 0 radical (unpaired) electrons. The highest BCUT2D eigenvalue weighted by molar-refractivity contribution is 5.81. The van der Waals surface area contributed by atoms with Gasteiger partial charge in [0.05, 0.1) is 7.11 Å². The predicted molar refractivity (Wildman–Crippen MR) is 91.8 cm³/mol. The van der Waals surface area contributed by atoms with Crippen LogP contribution in [0.25, 0.3) is 11.0 Å². The molecule has 0 saturated heterocycles. The topological polar surface area (TPSA) is 51.5 Å². The third-order valence-electron chi connectivity index (χ3n) is 5.30. The van der Waals surface area contributed by atoms with Gasteiger partial charge < -0.3 is 14.5 Å². The first-order chi connectivity index (χ1) is 11.1. The smallest absolute Gasteiger partial charge is 0.336 e. The molecule has 3 rings (SSSR count). The Hall–Kier alpha value is -1.81. The molecule has 124 valence electrons. The molecule has 0 bridgehead atoms. The quantitative estimate of drug-likeness (QED) is 0.874. The molecule has 4 heteroatoms. The van der Waals surface area contributed by atoms with E-state index in [0.29, 0.717) is 29.8 Å². The number of hydrogen-bond acceptors (Lipinski definition) is 4. The van der Waals surface area contributed by atoms with Crippen molar-refractivity contribution in [3.63, 3.8) is 0 Å². The summed E-state index contributed by atoms with van der Waals surface area (Å²) in [5.74, 6) is 2.11. The summed E-state index contributed by atoms with van der Waals surface area (Å²) in [5, 5.41) is 4.62. The zero-order valence-electron chi connectivity index (χ0n) is 14.1. The van der Waals surface area contributed by atoms with Crippen LogP contribution >= 0.6 is 0 Å². The second-order valence-corrected chi connectivity index (χ2v) is 6.71. The fourth-order valence-corrected chi connectivity index (χ4v) is 3.59. The van der Waals surface area contributed by atoms with Crippen LogP contribution in [-0.2, 0) is 6.54 Å². The van der Waals surface area contributed by atoms with Crippen molar-refractivity contribution in [2.75, 3.05) is 7.11 Å². The maximum absolute atomic E-state index is 11.8. The molecule has 1 N–H and O–H groups in total. The molecular formula is C19H25NO3. The maximum Gasteiger partial charge on any atom is 0.336 e. The molecule has 0 unspecified atom stereocenters. The van der Waals surface area contributed by atoms with E-state index in [1.165, 1.54) is 19.3 Å². The van der Waals surface area contributed by atoms with Gasteiger partial charge in [-0.25, -0.2) is 4.79 Å². The fraction of sp³-hybridized carbons (Fsp3) is 0.526. The fourth-order valence-electron chi connectivity index (χ4n) is 3.59. The van der Waals surface area contributed by atoms with E-state index in [-0.39, 0.29) is 5.63 Å². The van der Waals surface area contributed by atoms with E-state index in [1.807, 2.05) is 12.1 Å². The lowest BCUT2D eigenvalue weighted by Crippen LogP contribution is -2.40. The van der Waals surface area contributed by atoms with Crippen LogP contribution in [0.15, 0.2) is 33.5 Å². The molecule has 1 saturated carbocycles. The summed E-state index contributed by atoms with van der Waals surface area (Å²) >= 11 is 0. The van der Waals surface area contributed by atoms with Gasteiger partial charge in [0.2, 0.25) is 0 Å². The van der Waals surface area contributed by atoms with Gasteiger partial charge in [-0.1, -0.05) is 26.7 Å². The van der Waals surface area contributed by atoms with Gasteiger partial charge in [-0.3, -0.25) is 0 Å². The standard InChI is InChI=1S/C19H25NO3/c1-12-5-4-6-17(13(12)2)20-11-14-9-19(21)23-18-10-15(22-3)7-8-16(14)18/h7-10,12-13,17,20H,4-6,11H2,1-3H3/t12-,13-,17+/m0/s1. The highest BCUT2D eigenvalue weighted by atomic mass is 16.5. The van der Waals surface area contributed by atoms with Crippen LogP contribution in [0, 0.1) is 11.8 Å². The average Bonchev–Trinajstić information content (AvgIpc) is 2.55. The van der Waals surface area contributed by atoms with E-state index in [1.54, 1.807) is 19.2 Å². The lowest BCUT2D eigenvalue weighted by Gasteiger charge is -2.34. The van der Waals surface area contributed by atoms with Crippen LogP contribution in [-0.4, -0.2) is 13.2 Å². The van der Waals surface area contributed by atoms with Crippen LogP contribution < -0.4 is 15.7 Å². The minimum Gasteiger partial charge on any atom is -0.497 e. The number of benzene rings is 1. The van der Waals surface area contributed by atoms with Gasteiger partial charge in [0.1, 0.15) is 11.3 Å². The van der Waals surface area contributed by atoms with Gasteiger partial charge in [-0.05, 0) is 36.0 Å². The SMILES string of the molecule is COc1ccc2c(CN[C@@H]3CCC[C@H](C)[C@@H]3C)cc(=O)oc2c1. The third kappa shape index (κ3) is 3.42. The highest BCUT2D eigenvalue weighted by Gasteiger charge is 2.26. The van der Waals surface area contributed by atoms with E-state index in [0.717, 1.165) is 16.9 Å². The van der Waals surface area contributed by atoms with E-state index < -0.39 is 0 Å². The number of ether oxygens (including phenoxy) is 1. The van der Waals surface area contributed by atoms with Crippen LogP contribution in [0.4, 0.5) is 0 Å². The van der Waals surface area contributed by atoms with Crippen molar-refractivity contribution in [2.45, 2.75) is 45.7 Å². The Kier molecular flexibility index (Phi) is 4.71. The number of hydrogen-bond donors (Lipinski definition) is 1. The van der Waals surface area contributed by atoms with Gasteiger partial charge in [-0.2, -0.15) is 0 Å². The molecular weight excluding hydrogens is 290 g/mol. The first-order valence-electron chi connectivity index (χ1n) is 8.42. The molecule has 2 aromatic rings. The molecule has 0 amide bonds. The van der Waals surface area contributed by atoms with E-state index in [9.17, 15) is 4.79 Å². The summed E-state index contributed by atoms with van der Waals surface area (Å²) in [7, 11) is 1.61. The summed E-state index contributed by atoms with van der Waals surface area (Å²) in [5.41, 5.74) is 1.26. The van der Waals surface area contributed by atoms with Gasteiger partial charge in [0, 0.05) is 30.1 Å². The third-order valence-corrected chi connectivity index (χ3v) is 5.30. The summed E-state index contributed by atoms with van der Waals surface area (Å²) in [6.45, 7) is 5.34. The van der Waals surface area contributed by atoms with Gasteiger partial charge in [0.15, 0.2) is 0 Å². The molecule has 3 atom stereocenters. The summed E-state index contributed by atoms with van der Waals surface area (Å²) < 4.78 is 10.5. The Bertz CT molecular complexity index is 737. The summed E-state index contributed by atoms with van der Waals surface area (Å²) in [6, 6.07) is 7.74. The highest BCUT2D eigenvalue weighted by Crippen LogP contribution is 2.30. The van der Waals surface area contributed by atoms with Crippen molar-refractivity contribution in [3.8, 4) is 5.75 Å². The average molecular weight is 315 g/mol. The monoisotopic (exact) mass is 315 g/mol. The second kappa shape index (κ2) is 6.75. The van der Waals surface area contributed by atoms with E-state index >= 15 is 0 Å². The predicted octanol–water partition coefficient (Wildman–Crippen LogP) is 3.72. The number of nitrogens with one attached hydrogen (secondary N) is 1. The molecule has 4 nitrogen and oxygen atoms in total. The van der Waals surface area contributed by atoms with Crippen LogP contribution in [0.2, 0.25) is 0 Å². The molecule has 1 fully saturated rings. The van der Waals surface area contributed by atoms with Crippen LogP contribution in [0.1, 0.15) is 38.7 Å². The Labute approximate surface area is 136 Å². The first-order valence-corrected chi connectivity index (χ1v) is 8.42. The Morgan fingerprint density at radius 1 is 1.26 bits per heavy atom. The van der Waals surface area contributed by atoms with Gasteiger partial charge in [-0.15, -0.1) is 0 Å². The van der Waals surface area contributed by atoms with E-state index in [4.69, 9.17) is 9.15 Å². The van der Waals surface area contributed by atoms with Crippen LogP contribution in [0.5, 0.6) is 5.75 Å². The molecule has 1 heterocycles. The largest absolute Gasteiger partial charge is 0.497 e. The number of methoxy groups -OCH3 is 1. The molecule has 0 spiro atoms. The van der Waals surface area contributed by atoms with Crippen molar-refractivity contribution < 1.29 is 9.15 Å². The molecule has 1 aliphatic carbocycles. The minimum absolute atomic E-state index is 0.312. The molecule has 1 aromatic heterocycles. The Balaban J connectivity index is 1.83. The van der Waals surface area contributed by atoms with Crippen LogP contribution in [0.3, 0.4) is 0 Å². The van der Waals surface area contributed by atoms with Crippen molar-refractivity contribution in [2.24, 2.45) is 11.8 Å². The zero-order chi connectivity index (χ0) is 16.4. The lowest BCUT2D eigenvalue weighted by atomic mass is 9.78. The van der Waals surface area contributed by atoms with Gasteiger partial charge >= 0.3 is 5.63 Å². The normalized spacial score (nSPS) is 24.7.